The smallest absolute Gasteiger partial charge is 0.224 e. The largest absolute Gasteiger partial charge is 0.464 e. The number of aliphatic hydroxyl groups excluding tert-OH is 1. The monoisotopic (exact) mass is 309 g/mol. The van der Waals surface area contributed by atoms with Gasteiger partial charge in [0.1, 0.15) is 5.58 Å². The molecule has 0 saturated carbocycles. The number of rotatable bonds is 5. The molecule has 0 saturated heterocycles. The van der Waals surface area contributed by atoms with Crippen LogP contribution in [0.5, 0.6) is 0 Å². The van der Waals surface area contributed by atoms with Crippen LogP contribution in [0.1, 0.15) is 22.3 Å². The van der Waals surface area contributed by atoms with Gasteiger partial charge in [-0.1, -0.05) is 36.4 Å². The van der Waals surface area contributed by atoms with E-state index in [-0.39, 0.29) is 18.9 Å². The molecule has 1 amide bonds. The molecule has 0 bridgehead atoms. The van der Waals surface area contributed by atoms with E-state index in [0.29, 0.717) is 6.54 Å². The highest BCUT2D eigenvalue weighted by Gasteiger charge is 2.11. The fourth-order valence-corrected chi connectivity index (χ4v) is 2.64. The van der Waals surface area contributed by atoms with Gasteiger partial charge in [0.05, 0.1) is 19.3 Å². The fraction of sp³-hybridized carbons (Fsp3) is 0.211. The minimum Gasteiger partial charge on any atom is -0.464 e. The lowest BCUT2D eigenvalue weighted by atomic mass is 10.1. The minimum absolute atomic E-state index is 0.0300. The molecule has 0 fully saturated rings. The average molecular weight is 309 g/mol. The second-order valence-corrected chi connectivity index (χ2v) is 5.64. The second-order valence-electron chi connectivity index (χ2n) is 5.64. The van der Waals surface area contributed by atoms with Crippen molar-refractivity contribution in [2.24, 2.45) is 0 Å². The summed E-state index contributed by atoms with van der Waals surface area (Å²) in [5.41, 5.74) is 4.57. The summed E-state index contributed by atoms with van der Waals surface area (Å²) in [5.74, 6) is -0.0685. The summed E-state index contributed by atoms with van der Waals surface area (Å²) in [6.45, 7) is 2.38. The number of hydrogen-bond donors (Lipinski definition) is 2. The fourth-order valence-electron chi connectivity index (χ4n) is 2.64. The first-order valence-corrected chi connectivity index (χ1v) is 7.58. The first-order chi connectivity index (χ1) is 11.2. The third-order valence-corrected chi connectivity index (χ3v) is 3.93. The number of nitrogens with one attached hydrogen (secondary N) is 1. The van der Waals surface area contributed by atoms with Crippen molar-refractivity contribution in [1.82, 2.24) is 5.32 Å². The van der Waals surface area contributed by atoms with E-state index in [1.165, 1.54) is 0 Å². The highest BCUT2D eigenvalue weighted by molar-refractivity contribution is 5.87. The molecule has 0 spiro atoms. The Hall–Kier alpha value is -2.59. The quantitative estimate of drug-likeness (QED) is 0.761. The molecule has 2 aromatic carbocycles. The molecule has 23 heavy (non-hydrogen) atoms. The molecule has 0 atom stereocenters. The molecule has 3 aromatic rings. The Morgan fingerprint density at radius 2 is 1.91 bits per heavy atom. The van der Waals surface area contributed by atoms with Gasteiger partial charge >= 0.3 is 0 Å². The summed E-state index contributed by atoms with van der Waals surface area (Å²) in [5, 5.41) is 13.2. The van der Waals surface area contributed by atoms with Gasteiger partial charge in [-0.25, -0.2) is 0 Å². The molecular weight excluding hydrogens is 290 g/mol. The van der Waals surface area contributed by atoms with E-state index in [1.807, 2.05) is 49.4 Å². The first-order valence-electron chi connectivity index (χ1n) is 7.58. The van der Waals surface area contributed by atoms with Gasteiger partial charge in [-0.2, -0.15) is 0 Å². The van der Waals surface area contributed by atoms with Crippen LogP contribution >= 0.6 is 0 Å². The number of furan rings is 1. The van der Waals surface area contributed by atoms with E-state index < -0.39 is 0 Å². The third-order valence-electron chi connectivity index (χ3n) is 3.93. The van der Waals surface area contributed by atoms with Crippen molar-refractivity contribution in [3.05, 3.63) is 71.0 Å². The molecule has 118 valence electrons. The number of amides is 1. The Bertz CT molecular complexity index is 836. The van der Waals surface area contributed by atoms with Gasteiger partial charge in [-0.05, 0) is 29.7 Å². The van der Waals surface area contributed by atoms with Crippen molar-refractivity contribution in [3.63, 3.8) is 0 Å². The van der Waals surface area contributed by atoms with Gasteiger partial charge in [-0.15, -0.1) is 0 Å². The summed E-state index contributed by atoms with van der Waals surface area (Å²) in [4.78, 5) is 12.2. The normalized spacial score (nSPS) is 10.9. The highest BCUT2D eigenvalue weighted by atomic mass is 16.3. The highest BCUT2D eigenvalue weighted by Crippen LogP contribution is 2.22. The predicted molar refractivity (Wildman–Crippen MR) is 88.9 cm³/mol. The van der Waals surface area contributed by atoms with Crippen LogP contribution in [0.15, 0.2) is 53.1 Å². The number of fused-ring (bicyclic) bond motifs is 1. The van der Waals surface area contributed by atoms with E-state index >= 15 is 0 Å². The van der Waals surface area contributed by atoms with Gasteiger partial charge in [0, 0.05) is 17.5 Å². The zero-order chi connectivity index (χ0) is 16.2. The molecule has 1 aromatic heterocycles. The van der Waals surface area contributed by atoms with Crippen molar-refractivity contribution in [1.29, 1.82) is 0 Å². The second kappa shape index (κ2) is 6.67. The average Bonchev–Trinajstić information content (AvgIpc) is 2.95. The summed E-state index contributed by atoms with van der Waals surface area (Å²) in [7, 11) is 0. The number of carbonyl (C=O) groups is 1. The molecule has 1 heterocycles. The van der Waals surface area contributed by atoms with E-state index in [9.17, 15) is 9.90 Å². The van der Waals surface area contributed by atoms with E-state index in [1.54, 1.807) is 6.26 Å². The standard InChI is InChI=1S/C19H19NO3/c1-13-6-7-17-16(12-23-18(17)8-13)9-19(22)20-10-14-4-2-3-5-15(14)11-21/h2-8,12,21H,9-11H2,1H3,(H,20,22). The van der Waals surface area contributed by atoms with Crippen LogP contribution in [-0.2, 0) is 24.4 Å². The molecule has 0 aliphatic carbocycles. The number of hydrogen-bond acceptors (Lipinski definition) is 3. The Labute approximate surface area is 134 Å². The Balaban J connectivity index is 1.67. The van der Waals surface area contributed by atoms with Crippen LogP contribution in [0.2, 0.25) is 0 Å². The molecule has 0 aliphatic rings. The molecule has 0 radical (unpaired) electrons. The lowest BCUT2D eigenvalue weighted by Gasteiger charge is -2.08. The van der Waals surface area contributed by atoms with Gasteiger partial charge in [0.15, 0.2) is 0 Å². The first kappa shape index (κ1) is 15.3. The van der Waals surface area contributed by atoms with Crippen LogP contribution in [0.3, 0.4) is 0 Å². The summed E-state index contributed by atoms with van der Waals surface area (Å²) in [6.07, 6.45) is 1.92. The zero-order valence-electron chi connectivity index (χ0n) is 13.0. The van der Waals surface area contributed by atoms with Gasteiger partial charge < -0.3 is 14.8 Å². The SMILES string of the molecule is Cc1ccc2c(CC(=O)NCc3ccccc3CO)coc2c1. The maximum atomic E-state index is 12.2. The zero-order valence-corrected chi connectivity index (χ0v) is 13.0. The van der Waals surface area contributed by atoms with Crippen LogP contribution in [-0.4, -0.2) is 11.0 Å². The van der Waals surface area contributed by atoms with Crippen molar-refractivity contribution in [2.45, 2.75) is 26.5 Å². The Morgan fingerprint density at radius 1 is 1.13 bits per heavy atom. The van der Waals surface area contributed by atoms with Crippen molar-refractivity contribution >= 4 is 16.9 Å². The number of benzene rings is 2. The Kier molecular flexibility index (Phi) is 4.44. The Morgan fingerprint density at radius 3 is 2.70 bits per heavy atom. The van der Waals surface area contributed by atoms with Crippen LogP contribution in [0.25, 0.3) is 11.0 Å². The predicted octanol–water partition coefficient (Wildman–Crippen LogP) is 3.09. The molecule has 4 heteroatoms. The van der Waals surface area contributed by atoms with Gasteiger partial charge in [-0.3, -0.25) is 4.79 Å². The molecule has 2 N–H and O–H groups in total. The minimum atomic E-state index is -0.0685. The van der Waals surface area contributed by atoms with Gasteiger partial charge in [0.25, 0.3) is 0 Å². The summed E-state index contributed by atoms with van der Waals surface area (Å²) in [6, 6.07) is 13.5. The summed E-state index contributed by atoms with van der Waals surface area (Å²) < 4.78 is 5.52. The van der Waals surface area contributed by atoms with Crippen molar-refractivity contribution in [3.8, 4) is 0 Å². The van der Waals surface area contributed by atoms with Crippen molar-refractivity contribution in [2.75, 3.05) is 0 Å². The third kappa shape index (κ3) is 3.43. The molecule has 3 rings (SSSR count). The van der Waals surface area contributed by atoms with E-state index in [4.69, 9.17) is 4.42 Å². The number of carbonyl (C=O) groups excluding carboxylic acids is 1. The molecule has 0 unspecified atom stereocenters. The maximum Gasteiger partial charge on any atom is 0.224 e. The topological polar surface area (TPSA) is 62.5 Å². The van der Waals surface area contributed by atoms with Crippen LogP contribution in [0, 0.1) is 6.92 Å². The number of aliphatic hydroxyl groups is 1. The van der Waals surface area contributed by atoms with E-state index in [0.717, 1.165) is 33.2 Å². The lowest BCUT2D eigenvalue weighted by molar-refractivity contribution is -0.120. The van der Waals surface area contributed by atoms with Crippen molar-refractivity contribution < 1.29 is 14.3 Å². The maximum absolute atomic E-state index is 12.2. The number of aryl methyl sites for hydroxylation is 1. The lowest BCUT2D eigenvalue weighted by Crippen LogP contribution is -2.25. The molecule has 4 nitrogen and oxygen atoms in total. The van der Waals surface area contributed by atoms with Gasteiger partial charge in [0.2, 0.25) is 5.91 Å². The molecule has 0 aliphatic heterocycles. The van der Waals surface area contributed by atoms with Crippen LogP contribution < -0.4 is 5.32 Å². The summed E-state index contributed by atoms with van der Waals surface area (Å²) >= 11 is 0. The van der Waals surface area contributed by atoms with E-state index in [2.05, 4.69) is 5.32 Å². The molecular formula is C19H19NO3. The van der Waals surface area contributed by atoms with Crippen LogP contribution in [0.4, 0.5) is 0 Å².